The maximum atomic E-state index is 11.9. The maximum Gasteiger partial charge on any atom is 0.411 e. The summed E-state index contributed by atoms with van der Waals surface area (Å²) in [6, 6.07) is 11.4. The molecular formula is C18H17NO7. The number of phenols is 1. The molecule has 0 aliphatic heterocycles. The van der Waals surface area contributed by atoms with Crippen LogP contribution in [0.1, 0.15) is 26.3 Å². The van der Waals surface area contributed by atoms with E-state index in [-0.39, 0.29) is 23.4 Å². The first-order valence-corrected chi connectivity index (χ1v) is 7.47. The molecular weight excluding hydrogens is 342 g/mol. The van der Waals surface area contributed by atoms with E-state index in [9.17, 15) is 19.5 Å². The van der Waals surface area contributed by atoms with Gasteiger partial charge in [0.15, 0.2) is 0 Å². The van der Waals surface area contributed by atoms with Crippen LogP contribution in [0.25, 0.3) is 0 Å². The highest BCUT2D eigenvalue weighted by molar-refractivity contribution is 6.02. The van der Waals surface area contributed by atoms with Crippen LogP contribution >= 0.6 is 0 Å². The third-order valence-electron chi connectivity index (χ3n) is 3.38. The number of nitrogens with one attached hydrogen (secondary N) is 1. The normalized spacial score (nSPS) is 9.92. The second kappa shape index (κ2) is 8.52. The van der Waals surface area contributed by atoms with Gasteiger partial charge in [-0.3, -0.25) is 5.32 Å². The van der Waals surface area contributed by atoms with E-state index in [1.807, 2.05) is 18.2 Å². The molecule has 0 saturated heterocycles. The van der Waals surface area contributed by atoms with Crippen LogP contribution in [0.5, 0.6) is 5.75 Å². The largest absolute Gasteiger partial charge is 0.506 e. The van der Waals surface area contributed by atoms with Crippen LogP contribution in [0.2, 0.25) is 0 Å². The van der Waals surface area contributed by atoms with E-state index in [4.69, 9.17) is 4.74 Å². The number of methoxy groups -OCH3 is 2. The first kappa shape index (κ1) is 18.8. The molecule has 0 aliphatic carbocycles. The van der Waals surface area contributed by atoms with E-state index in [0.29, 0.717) is 0 Å². The predicted octanol–water partition coefficient (Wildman–Crippen LogP) is 2.71. The number of rotatable bonds is 5. The molecule has 0 unspecified atom stereocenters. The molecule has 0 saturated carbocycles. The number of hydrogen-bond acceptors (Lipinski definition) is 7. The van der Waals surface area contributed by atoms with Crippen LogP contribution in [0.3, 0.4) is 0 Å². The zero-order valence-electron chi connectivity index (χ0n) is 14.1. The fraction of sp³-hybridized carbons (Fsp3) is 0.167. The molecule has 26 heavy (non-hydrogen) atoms. The van der Waals surface area contributed by atoms with Crippen molar-refractivity contribution in [3.05, 3.63) is 59.2 Å². The molecule has 0 radical (unpaired) electrons. The topological polar surface area (TPSA) is 111 Å². The van der Waals surface area contributed by atoms with Gasteiger partial charge in [0.05, 0.1) is 14.2 Å². The Hall–Kier alpha value is -3.55. The van der Waals surface area contributed by atoms with Crippen molar-refractivity contribution in [2.45, 2.75) is 6.61 Å². The highest BCUT2D eigenvalue weighted by Gasteiger charge is 2.22. The molecule has 136 valence electrons. The van der Waals surface area contributed by atoms with Gasteiger partial charge in [0.1, 0.15) is 23.5 Å². The number of esters is 2. The summed E-state index contributed by atoms with van der Waals surface area (Å²) < 4.78 is 14.2. The fourth-order valence-corrected chi connectivity index (χ4v) is 2.11. The number of hydrogen-bond donors (Lipinski definition) is 2. The van der Waals surface area contributed by atoms with Crippen molar-refractivity contribution < 1.29 is 33.7 Å². The summed E-state index contributed by atoms with van der Waals surface area (Å²) in [6.45, 7) is 0.0402. The Morgan fingerprint density at radius 2 is 1.50 bits per heavy atom. The summed E-state index contributed by atoms with van der Waals surface area (Å²) in [6.07, 6.45) is -0.800. The zero-order chi connectivity index (χ0) is 19.1. The van der Waals surface area contributed by atoms with Crippen LogP contribution in [-0.4, -0.2) is 37.4 Å². The maximum absolute atomic E-state index is 11.9. The monoisotopic (exact) mass is 359 g/mol. The lowest BCUT2D eigenvalue weighted by atomic mass is 10.1. The molecule has 1 amide bonds. The Morgan fingerprint density at radius 3 is 2.00 bits per heavy atom. The van der Waals surface area contributed by atoms with Crippen LogP contribution in [0.15, 0.2) is 42.5 Å². The van der Waals surface area contributed by atoms with Crippen molar-refractivity contribution in [3.8, 4) is 5.75 Å². The van der Waals surface area contributed by atoms with E-state index < -0.39 is 23.8 Å². The van der Waals surface area contributed by atoms with E-state index in [0.717, 1.165) is 31.9 Å². The van der Waals surface area contributed by atoms with Crippen LogP contribution < -0.4 is 5.32 Å². The first-order valence-electron chi connectivity index (χ1n) is 7.47. The van der Waals surface area contributed by atoms with Crippen molar-refractivity contribution in [1.29, 1.82) is 0 Å². The Bertz CT molecular complexity index is 781. The fourth-order valence-electron chi connectivity index (χ4n) is 2.11. The SMILES string of the molecule is COC(=O)c1cc(NC(=O)OCc2ccccc2)cc(C(=O)OC)c1O. The summed E-state index contributed by atoms with van der Waals surface area (Å²) >= 11 is 0. The van der Waals surface area contributed by atoms with Crippen molar-refractivity contribution in [2.24, 2.45) is 0 Å². The van der Waals surface area contributed by atoms with Crippen molar-refractivity contribution in [1.82, 2.24) is 0 Å². The summed E-state index contributed by atoms with van der Waals surface area (Å²) in [5.41, 5.74) is 0.253. The minimum Gasteiger partial charge on any atom is -0.506 e. The summed E-state index contributed by atoms with van der Waals surface area (Å²) in [5, 5.41) is 12.4. The van der Waals surface area contributed by atoms with E-state index in [1.54, 1.807) is 12.1 Å². The molecule has 0 aliphatic rings. The van der Waals surface area contributed by atoms with Gasteiger partial charge in [-0.05, 0) is 17.7 Å². The lowest BCUT2D eigenvalue weighted by Crippen LogP contribution is -2.15. The number of aromatic hydroxyl groups is 1. The van der Waals surface area contributed by atoms with Crippen LogP contribution in [-0.2, 0) is 20.8 Å². The van der Waals surface area contributed by atoms with Gasteiger partial charge >= 0.3 is 18.0 Å². The lowest BCUT2D eigenvalue weighted by molar-refractivity contribution is 0.0592. The third kappa shape index (κ3) is 4.50. The van der Waals surface area contributed by atoms with Gasteiger partial charge in [-0.1, -0.05) is 30.3 Å². The third-order valence-corrected chi connectivity index (χ3v) is 3.38. The van der Waals surface area contributed by atoms with E-state index >= 15 is 0 Å². The van der Waals surface area contributed by atoms with Gasteiger partial charge < -0.3 is 19.3 Å². The quantitative estimate of drug-likeness (QED) is 0.480. The first-order chi connectivity index (χ1) is 12.5. The van der Waals surface area contributed by atoms with Crippen molar-refractivity contribution in [3.63, 3.8) is 0 Å². The second-order valence-corrected chi connectivity index (χ2v) is 5.09. The highest BCUT2D eigenvalue weighted by atomic mass is 16.5. The second-order valence-electron chi connectivity index (χ2n) is 5.09. The van der Waals surface area contributed by atoms with Crippen molar-refractivity contribution in [2.75, 3.05) is 19.5 Å². The van der Waals surface area contributed by atoms with Gasteiger partial charge in [-0.25, -0.2) is 14.4 Å². The molecule has 8 heteroatoms. The van der Waals surface area contributed by atoms with Gasteiger partial charge in [0.2, 0.25) is 0 Å². The predicted molar refractivity (Wildman–Crippen MR) is 91.0 cm³/mol. The Labute approximate surface area is 149 Å². The van der Waals surface area contributed by atoms with Gasteiger partial charge in [0.25, 0.3) is 0 Å². The molecule has 8 nitrogen and oxygen atoms in total. The summed E-state index contributed by atoms with van der Waals surface area (Å²) in [7, 11) is 2.24. The number of amides is 1. The van der Waals surface area contributed by atoms with Gasteiger partial charge in [-0.2, -0.15) is 0 Å². The standard InChI is InChI=1S/C18H17NO7/c1-24-16(21)13-8-12(9-14(15(13)20)17(22)25-2)19-18(23)26-10-11-6-4-3-5-7-11/h3-9,20H,10H2,1-2H3,(H,19,23). The Kier molecular flexibility index (Phi) is 6.15. The van der Waals surface area contributed by atoms with Crippen molar-refractivity contribution >= 4 is 23.7 Å². The molecule has 2 aromatic rings. The number of phenolic OH excluding ortho intramolecular Hbond substituents is 1. The highest BCUT2D eigenvalue weighted by Crippen LogP contribution is 2.28. The number of benzene rings is 2. The minimum atomic E-state index is -0.881. The Morgan fingerprint density at radius 1 is 0.962 bits per heavy atom. The zero-order valence-corrected chi connectivity index (χ0v) is 14.1. The molecule has 0 heterocycles. The average Bonchev–Trinajstić information content (AvgIpc) is 2.67. The number of anilines is 1. The average molecular weight is 359 g/mol. The molecule has 2 rings (SSSR count). The minimum absolute atomic E-state index is 0.0402. The van der Waals surface area contributed by atoms with Gasteiger partial charge in [-0.15, -0.1) is 0 Å². The van der Waals surface area contributed by atoms with Gasteiger partial charge in [0, 0.05) is 5.69 Å². The molecule has 2 N–H and O–H groups in total. The van der Waals surface area contributed by atoms with E-state index in [1.165, 1.54) is 0 Å². The smallest absolute Gasteiger partial charge is 0.411 e. The lowest BCUT2D eigenvalue weighted by Gasteiger charge is -2.12. The molecule has 2 aromatic carbocycles. The number of carbonyl (C=O) groups excluding carboxylic acids is 3. The molecule has 0 fully saturated rings. The number of ether oxygens (including phenoxy) is 3. The number of carbonyl (C=O) groups is 3. The molecule has 0 spiro atoms. The molecule has 0 aromatic heterocycles. The van der Waals surface area contributed by atoms with Crippen LogP contribution in [0, 0.1) is 0 Å². The summed E-state index contributed by atoms with van der Waals surface area (Å²) in [4.78, 5) is 35.5. The molecule has 0 atom stereocenters. The Balaban J connectivity index is 2.20. The molecule has 0 bridgehead atoms. The van der Waals surface area contributed by atoms with Crippen LogP contribution in [0.4, 0.5) is 10.5 Å². The van der Waals surface area contributed by atoms with E-state index in [2.05, 4.69) is 14.8 Å². The summed E-state index contributed by atoms with van der Waals surface area (Å²) in [5.74, 6) is -2.37.